The highest BCUT2D eigenvalue weighted by Gasteiger charge is 2.34. The Morgan fingerprint density at radius 2 is 1.86 bits per heavy atom. The molecule has 5 nitrogen and oxygen atoms in total. The van der Waals surface area contributed by atoms with Gasteiger partial charge in [0.2, 0.25) is 0 Å². The molecular formula is C17H22N2O3. The molecule has 1 atom stereocenters. The third kappa shape index (κ3) is 2.86. The summed E-state index contributed by atoms with van der Waals surface area (Å²) in [6.07, 6.45) is 3.26. The number of nitrogens with zero attached hydrogens (tertiary/aromatic N) is 2. The van der Waals surface area contributed by atoms with Crippen molar-refractivity contribution in [3.8, 4) is 0 Å². The fourth-order valence-electron chi connectivity index (χ4n) is 3.40. The maximum atomic E-state index is 12.7. The second-order valence-electron chi connectivity index (χ2n) is 6.28. The molecule has 0 saturated carbocycles. The molecule has 5 heteroatoms. The Kier molecular flexibility index (Phi) is 4.16. The summed E-state index contributed by atoms with van der Waals surface area (Å²) in [5.41, 5.74) is 3.15. The fourth-order valence-corrected chi connectivity index (χ4v) is 3.40. The number of carboxylic acid groups (broad SMARTS) is 1. The lowest BCUT2D eigenvalue weighted by atomic mass is 9.99. The lowest BCUT2D eigenvalue weighted by Crippen LogP contribution is -2.40. The highest BCUT2D eigenvalue weighted by atomic mass is 16.4. The van der Waals surface area contributed by atoms with E-state index in [9.17, 15) is 14.7 Å². The SMILES string of the molecule is CN1CCc2ccc(C(=O)N3CCCC3C(=O)O)cc2CC1. The summed E-state index contributed by atoms with van der Waals surface area (Å²) >= 11 is 0. The minimum Gasteiger partial charge on any atom is -0.480 e. The maximum Gasteiger partial charge on any atom is 0.326 e. The molecule has 118 valence electrons. The highest BCUT2D eigenvalue weighted by Crippen LogP contribution is 2.23. The van der Waals surface area contributed by atoms with Crippen LogP contribution >= 0.6 is 0 Å². The number of likely N-dealkylation sites (N-methyl/N-ethyl adjacent to an activating group) is 1. The number of fused-ring (bicyclic) bond motifs is 1. The summed E-state index contributed by atoms with van der Waals surface area (Å²) in [5, 5.41) is 9.24. The number of carboxylic acids is 1. The summed E-state index contributed by atoms with van der Waals surface area (Å²) in [4.78, 5) is 27.7. The summed E-state index contributed by atoms with van der Waals surface area (Å²) in [7, 11) is 2.11. The first kappa shape index (κ1) is 15.0. The largest absolute Gasteiger partial charge is 0.480 e. The van der Waals surface area contributed by atoms with Crippen molar-refractivity contribution < 1.29 is 14.7 Å². The summed E-state index contributed by atoms with van der Waals surface area (Å²) in [6, 6.07) is 5.18. The third-order valence-electron chi connectivity index (χ3n) is 4.78. The number of carbonyl (C=O) groups excluding carboxylic acids is 1. The number of likely N-dealkylation sites (tertiary alicyclic amines) is 1. The van der Waals surface area contributed by atoms with Gasteiger partial charge in [0, 0.05) is 25.2 Å². The molecule has 2 aliphatic heterocycles. The second kappa shape index (κ2) is 6.08. The molecule has 1 N–H and O–H groups in total. The zero-order valence-electron chi connectivity index (χ0n) is 12.9. The van der Waals surface area contributed by atoms with Crippen molar-refractivity contribution in [2.45, 2.75) is 31.7 Å². The van der Waals surface area contributed by atoms with Crippen molar-refractivity contribution in [1.29, 1.82) is 0 Å². The van der Waals surface area contributed by atoms with Crippen molar-refractivity contribution in [1.82, 2.24) is 9.80 Å². The molecule has 1 unspecified atom stereocenters. The fraction of sp³-hybridized carbons (Fsp3) is 0.529. The molecule has 0 spiro atoms. The van der Waals surface area contributed by atoms with Crippen molar-refractivity contribution in [2.75, 3.05) is 26.7 Å². The standard InChI is InChI=1S/C17H22N2O3/c1-18-9-6-12-4-5-14(11-13(12)7-10-18)16(20)19-8-2-3-15(19)17(21)22/h4-5,11,15H,2-3,6-10H2,1H3,(H,21,22). The molecular weight excluding hydrogens is 280 g/mol. The van der Waals surface area contributed by atoms with E-state index in [-0.39, 0.29) is 5.91 Å². The third-order valence-corrected chi connectivity index (χ3v) is 4.78. The van der Waals surface area contributed by atoms with E-state index in [1.807, 2.05) is 18.2 Å². The first-order valence-corrected chi connectivity index (χ1v) is 7.90. The van der Waals surface area contributed by atoms with Gasteiger partial charge in [0.25, 0.3) is 5.91 Å². The van der Waals surface area contributed by atoms with Crippen LogP contribution in [0.4, 0.5) is 0 Å². The molecule has 3 rings (SSSR count). The van der Waals surface area contributed by atoms with E-state index in [0.29, 0.717) is 18.5 Å². The Hall–Kier alpha value is -1.88. The highest BCUT2D eigenvalue weighted by molar-refractivity contribution is 5.97. The molecule has 1 amide bonds. The van der Waals surface area contributed by atoms with E-state index in [4.69, 9.17) is 0 Å². The van der Waals surface area contributed by atoms with Gasteiger partial charge >= 0.3 is 5.97 Å². The summed E-state index contributed by atoms with van der Waals surface area (Å²) in [5.74, 6) is -1.05. The first-order chi connectivity index (χ1) is 10.6. The first-order valence-electron chi connectivity index (χ1n) is 7.90. The quantitative estimate of drug-likeness (QED) is 0.897. The van der Waals surface area contributed by atoms with Crippen molar-refractivity contribution in [3.63, 3.8) is 0 Å². The Balaban J connectivity index is 1.83. The molecule has 0 radical (unpaired) electrons. The molecule has 0 bridgehead atoms. The topological polar surface area (TPSA) is 60.9 Å². The van der Waals surface area contributed by atoms with Gasteiger partial charge in [0.05, 0.1) is 0 Å². The van der Waals surface area contributed by atoms with Crippen molar-refractivity contribution in [2.24, 2.45) is 0 Å². The van der Waals surface area contributed by atoms with E-state index in [1.165, 1.54) is 16.0 Å². The van der Waals surface area contributed by atoms with Gasteiger partial charge in [0.1, 0.15) is 6.04 Å². The van der Waals surface area contributed by atoms with Crippen LogP contribution in [-0.2, 0) is 17.6 Å². The van der Waals surface area contributed by atoms with Crippen LogP contribution in [0.5, 0.6) is 0 Å². The van der Waals surface area contributed by atoms with Crippen LogP contribution in [0.15, 0.2) is 18.2 Å². The van der Waals surface area contributed by atoms with Gasteiger partial charge in [0.15, 0.2) is 0 Å². The lowest BCUT2D eigenvalue weighted by Gasteiger charge is -2.22. The Morgan fingerprint density at radius 3 is 2.59 bits per heavy atom. The number of hydrogen-bond donors (Lipinski definition) is 1. The van der Waals surface area contributed by atoms with E-state index >= 15 is 0 Å². The smallest absolute Gasteiger partial charge is 0.326 e. The number of hydrogen-bond acceptors (Lipinski definition) is 3. The molecule has 22 heavy (non-hydrogen) atoms. The zero-order valence-corrected chi connectivity index (χ0v) is 12.9. The van der Waals surface area contributed by atoms with Crippen LogP contribution in [0.2, 0.25) is 0 Å². The minimum absolute atomic E-state index is 0.148. The molecule has 1 aromatic carbocycles. The van der Waals surface area contributed by atoms with Crippen LogP contribution < -0.4 is 0 Å². The van der Waals surface area contributed by atoms with Crippen molar-refractivity contribution >= 4 is 11.9 Å². The molecule has 0 aliphatic carbocycles. The molecule has 0 aromatic heterocycles. The van der Waals surface area contributed by atoms with Gasteiger partial charge in [-0.1, -0.05) is 6.07 Å². The molecule has 2 aliphatic rings. The van der Waals surface area contributed by atoms with E-state index in [2.05, 4.69) is 11.9 Å². The Bertz CT molecular complexity index is 600. The van der Waals surface area contributed by atoms with E-state index < -0.39 is 12.0 Å². The second-order valence-corrected chi connectivity index (χ2v) is 6.28. The van der Waals surface area contributed by atoms with Crippen LogP contribution in [-0.4, -0.2) is 59.5 Å². The van der Waals surface area contributed by atoms with Crippen LogP contribution in [0, 0.1) is 0 Å². The Morgan fingerprint density at radius 1 is 1.14 bits per heavy atom. The maximum absolute atomic E-state index is 12.7. The van der Waals surface area contributed by atoms with Gasteiger partial charge in [-0.15, -0.1) is 0 Å². The number of aliphatic carboxylic acids is 1. The average molecular weight is 302 g/mol. The number of amides is 1. The predicted molar refractivity (Wildman–Crippen MR) is 83.0 cm³/mol. The van der Waals surface area contributed by atoms with Gasteiger partial charge in [-0.05, 0) is 56.0 Å². The lowest BCUT2D eigenvalue weighted by molar-refractivity contribution is -0.141. The molecule has 1 saturated heterocycles. The monoisotopic (exact) mass is 302 g/mol. The van der Waals surface area contributed by atoms with Crippen LogP contribution in [0.3, 0.4) is 0 Å². The van der Waals surface area contributed by atoms with Crippen LogP contribution in [0.25, 0.3) is 0 Å². The molecule has 1 aromatic rings. The predicted octanol–water partition coefficient (Wildman–Crippen LogP) is 1.41. The van der Waals surface area contributed by atoms with E-state index in [1.54, 1.807) is 0 Å². The van der Waals surface area contributed by atoms with Crippen molar-refractivity contribution in [3.05, 3.63) is 34.9 Å². The van der Waals surface area contributed by atoms with Gasteiger partial charge in [-0.25, -0.2) is 4.79 Å². The average Bonchev–Trinajstić information content (AvgIpc) is 2.92. The summed E-state index contributed by atoms with van der Waals surface area (Å²) in [6.45, 7) is 2.56. The Labute approximate surface area is 130 Å². The number of rotatable bonds is 2. The minimum atomic E-state index is -0.901. The van der Waals surface area contributed by atoms with Gasteiger partial charge < -0.3 is 14.9 Å². The van der Waals surface area contributed by atoms with Crippen LogP contribution in [0.1, 0.15) is 34.3 Å². The van der Waals surface area contributed by atoms with Gasteiger partial charge in [-0.3, -0.25) is 4.79 Å². The normalized spacial score (nSPS) is 22.2. The molecule has 1 fully saturated rings. The molecule has 2 heterocycles. The zero-order chi connectivity index (χ0) is 15.7. The van der Waals surface area contributed by atoms with E-state index in [0.717, 1.165) is 32.4 Å². The number of benzene rings is 1. The number of carbonyl (C=O) groups is 2. The summed E-state index contributed by atoms with van der Waals surface area (Å²) < 4.78 is 0. The van der Waals surface area contributed by atoms with Gasteiger partial charge in [-0.2, -0.15) is 0 Å².